The number of hydrogen-bond donors (Lipinski definition) is 1. The zero-order valence-corrected chi connectivity index (χ0v) is 14.0. The van der Waals surface area contributed by atoms with Gasteiger partial charge in [-0.05, 0) is 30.5 Å². The van der Waals surface area contributed by atoms with Crippen LogP contribution in [0.1, 0.15) is 31.0 Å². The van der Waals surface area contributed by atoms with E-state index in [1.165, 1.54) is 5.56 Å². The average Bonchev–Trinajstić information content (AvgIpc) is 2.55. The SMILES string of the molecule is Cc1cc(N2CCOCC2)nc(Nc2ccc(C(C)C)cc2)n1. The maximum atomic E-state index is 5.41. The van der Waals surface area contributed by atoms with Gasteiger partial charge >= 0.3 is 0 Å². The number of aryl methyl sites for hydroxylation is 1. The Morgan fingerprint density at radius 1 is 1.09 bits per heavy atom. The monoisotopic (exact) mass is 312 g/mol. The van der Waals surface area contributed by atoms with Crippen LogP contribution in [0.15, 0.2) is 30.3 Å². The molecule has 0 saturated carbocycles. The first-order valence-corrected chi connectivity index (χ1v) is 8.17. The van der Waals surface area contributed by atoms with E-state index in [-0.39, 0.29) is 0 Å². The third-order valence-electron chi connectivity index (χ3n) is 4.01. The van der Waals surface area contributed by atoms with Crippen molar-refractivity contribution in [1.82, 2.24) is 9.97 Å². The Morgan fingerprint density at radius 3 is 2.43 bits per heavy atom. The number of ether oxygens (including phenoxy) is 1. The van der Waals surface area contributed by atoms with Crippen molar-refractivity contribution in [3.05, 3.63) is 41.6 Å². The molecule has 0 unspecified atom stereocenters. The molecule has 0 bridgehead atoms. The molecular weight excluding hydrogens is 288 g/mol. The topological polar surface area (TPSA) is 50.3 Å². The molecule has 1 aliphatic rings. The van der Waals surface area contributed by atoms with Crippen molar-refractivity contribution in [1.29, 1.82) is 0 Å². The molecule has 2 heterocycles. The number of benzene rings is 1. The number of anilines is 3. The van der Waals surface area contributed by atoms with Crippen molar-refractivity contribution < 1.29 is 4.74 Å². The third kappa shape index (κ3) is 3.99. The fourth-order valence-electron chi connectivity index (χ4n) is 2.64. The molecule has 0 spiro atoms. The normalized spacial score (nSPS) is 15.0. The Hall–Kier alpha value is -2.14. The second kappa shape index (κ2) is 6.96. The molecule has 3 rings (SSSR count). The largest absolute Gasteiger partial charge is 0.378 e. The first kappa shape index (κ1) is 15.7. The summed E-state index contributed by atoms with van der Waals surface area (Å²) in [7, 11) is 0. The van der Waals surface area contributed by atoms with Crippen molar-refractivity contribution in [2.45, 2.75) is 26.7 Å². The molecule has 1 saturated heterocycles. The van der Waals surface area contributed by atoms with E-state index in [4.69, 9.17) is 4.74 Å². The molecule has 122 valence electrons. The summed E-state index contributed by atoms with van der Waals surface area (Å²) in [6.45, 7) is 9.64. The highest BCUT2D eigenvalue weighted by Crippen LogP contribution is 2.21. The zero-order valence-electron chi connectivity index (χ0n) is 14.0. The van der Waals surface area contributed by atoms with Crippen LogP contribution in [0.5, 0.6) is 0 Å². The smallest absolute Gasteiger partial charge is 0.229 e. The highest BCUT2D eigenvalue weighted by Gasteiger charge is 2.14. The molecule has 1 aromatic heterocycles. The second-order valence-corrected chi connectivity index (χ2v) is 6.19. The van der Waals surface area contributed by atoms with Crippen molar-refractivity contribution in [2.75, 3.05) is 36.5 Å². The standard InChI is InChI=1S/C18H24N4O/c1-13(2)15-4-6-16(7-5-15)20-18-19-14(3)12-17(21-18)22-8-10-23-11-9-22/h4-7,12-13H,8-11H2,1-3H3,(H,19,20,21). The fourth-order valence-corrected chi connectivity index (χ4v) is 2.64. The van der Waals surface area contributed by atoms with Gasteiger partial charge in [-0.15, -0.1) is 0 Å². The van der Waals surface area contributed by atoms with Gasteiger partial charge in [0, 0.05) is 30.5 Å². The summed E-state index contributed by atoms with van der Waals surface area (Å²) in [5.41, 5.74) is 3.30. The maximum absolute atomic E-state index is 5.41. The molecule has 1 aromatic carbocycles. The lowest BCUT2D eigenvalue weighted by Gasteiger charge is -2.28. The summed E-state index contributed by atoms with van der Waals surface area (Å²) >= 11 is 0. The minimum atomic E-state index is 0.534. The van der Waals surface area contributed by atoms with Crippen LogP contribution in [-0.2, 0) is 4.74 Å². The average molecular weight is 312 g/mol. The predicted octanol–water partition coefficient (Wildman–Crippen LogP) is 3.49. The minimum absolute atomic E-state index is 0.534. The van der Waals surface area contributed by atoms with E-state index >= 15 is 0 Å². The van der Waals surface area contributed by atoms with E-state index in [9.17, 15) is 0 Å². The van der Waals surface area contributed by atoms with Gasteiger partial charge in [-0.2, -0.15) is 4.98 Å². The van der Waals surface area contributed by atoms with Gasteiger partial charge in [0.25, 0.3) is 0 Å². The van der Waals surface area contributed by atoms with E-state index in [0.717, 1.165) is 43.5 Å². The summed E-state index contributed by atoms with van der Waals surface area (Å²) in [4.78, 5) is 11.4. The van der Waals surface area contributed by atoms with Gasteiger partial charge in [-0.1, -0.05) is 26.0 Å². The van der Waals surface area contributed by atoms with Crippen LogP contribution in [0.25, 0.3) is 0 Å². The fraction of sp³-hybridized carbons (Fsp3) is 0.444. The van der Waals surface area contributed by atoms with Gasteiger partial charge < -0.3 is 15.0 Å². The maximum Gasteiger partial charge on any atom is 0.229 e. The van der Waals surface area contributed by atoms with Crippen LogP contribution >= 0.6 is 0 Å². The van der Waals surface area contributed by atoms with Crippen LogP contribution in [0.4, 0.5) is 17.5 Å². The van der Waals surface area contributed by atoms with Gasteiger partial charge in [0.05, 0.1) is 13.2 Å². The Kier molecular flexibility index (Phi) is 4.76. The first-order valence-electron chi connectivity index (χ1n) is 8.17. The summed E-state index contributed by atoms with van der Waals surface area (Å²) < 4.78 is 5.41. The van der Waals surface area contributed by atoms with E-state index in [0.29, 0.717) is 11.9 Å². The number of nitrogens with one attached hydrogen (secondary N) is 1. The Bertz CT molecular complexity index is 649. The third-order valence-corrected chi connectivity index (χ3v) is 4.01. The van der Waals surface area contributed by atoms with Crippen LogP contribution < -0.4 is 10.2 Å². The summed E-state index contributed by atoms with van der Waals surface area (Å²) in [5.74, 6) is 2.14. The molecule has 1 fully saturated rings. The summed E-state index contributed by atoms with van der Waals surface area (Å²) in [6.07, 6.45) is 0. The van der Waals surface area contributed by atoms with Crippen molar-refractivity contribution in [3.63, 3.8) is 0 Å². The Balaban J connectivity index is 1.78. The highest BCUT2D eigenvalue weighted by molar-refractivity contribution is 5.56. The molecule has 1 N–H and O–H groups in total. The molecule has 23 heavy (non-hydrogen) atoms. The van der Waals surface area contributed by atoms with Gasteiger partial charge in [-0.3, -0.25) is 0 Å². The van der Waals surface area contributed by atoms with Gasteiger partial charge in [0.1, 0.15) is 5.82 Å². The van der Waals surface area contributed by atoms with Crippen LogP contribution in [0.2, 0.25) is 0 Å². The van der Waals surface area contributed by atoms with Crippen molar-refractivity contribution in [2.24, 2.45) is 0 Å². The molecule has 0 radical (unpaired) electrons. The van der Waals surface area contributed by atoms with Crippen LogP contribution in [0.3, 0.4) is 0 Å². The number of aromatic nitrogens is 2. The minimum Gasteiger partial charge on any atom is -0.378 e. The number of morpholine rings is 1. The molecule has 0 aliphatic carbocycles. The van der Waals surface area contributed by atoms with E-state index in [1.54, 1.807) is 0 Å². The van der Waals surface area contributed by atoms with Gasteiger partial charge in [0.15, 0.2) is 0 Å². The molecule has 0 atom stereocenters. The summed E-state index contributed by atoms with van der Waals surface area (Å²) in [6, 6.07) is 10.5. The molecule has 1 aliphatic heterocycles. The lowest BCUT2D eigenvalue weighted by molar-refractivity contribution is 0.122. The first-order chi connectivity index (χ1) is 11.1. The lowest BCUT2D eigenvalue weighted by Crippen LogP contribution is -2.36. The van der Waals surface area contributed by atoms with Crippen molar-refractivity contribution in [3.8, 4) is 0 Å². The zero-order chi connectivity index (χ0) is 16.2. The second-order valence-electron chi connectivity index (χ2n) is 6.19. The molecule has 5 heteroatoms. The van der Waals surface area contributed by atoms with E-state index in [2.05, 4.69) is 58.3 Å². The Morgan fingerprint density at radius 2 is 1.78 bits per heavy atom. The Labute approximate surface area is 137 Å². The predicted molar refractivity (Wildman–Crippen MR) is 93.6 cm³/mol. The molecular formula is C18H24N4O. The quantitative estimate of drug-likeness (QED) is 0.936. The van der Waals surface area contributed by atoms with Crippen molar-refractivity contribution >= 4 is 17.5 Å². The van der Waals surface area contributed by atoms with E-state index in [1.807, 2.05) is 13.0 Å². The number of rotatable bonds is 4. The summed E-state index contributed by atoms with van der Waals surface area (Å²) in [5, 5.41) is 3.31. The lowest BCUT2D eigenvalue weighted by atomic mass is 10.0. The van der Waals surface area contributed by atoms with Crippen LogP contribution in [0, 0.1) is 6.92 Å². The molecule has 2 aromatic rings. The highest BCUT2D eigenvalue weighted by atomic mass is 16.5. The molecule has 5 nitrogen and oxygen atoms in total. The van der Waals surface area contributed by atoms with Gasteiger partial charge in [0.2, 0.25) is 5.95 Å². The van der Waals surface area contributed by atoms with E-state index < -0.39 is 0 Å². The number of hydrogen-bond acceptors (Lipinski definition) is 5. The number of nitrogens with zero attached hydrogens (tertiary/aromatic N) is 3. The molecule has 0 amide bonds. The van der Waals surface area contributed by atoms with Gasteiger partial charge in [-0.25, -0.2) is 4.98 Å². The van der Waals surface area contributed by atoms with Crippen LogP contribution in [-0.4, -0.2) is 36.3 Å².